The number of carbonyl (C=O) groups excluding carboxylic acids is 1. The molecule has 0 spiro atoms. The van der Waals surface area contributed by atoms with E-state index >= 15 is 0 Å². The van der Waals surface area contributed by atoms with Crippen molar-refractivity contribution >= 4 is 28.4 Å². The van der Waals surface area contributed by atoms with Crippen LogP contribution in [0.2, 0.25) is 5.02 Å². The molecule has 0 atom stereocenters. The number of nitrogens with one attached hydrogen (secondary N) is 1. The molecular formula is C18H17ClN4O3. The molecule has 7 nitrogen and oxygen atoms in total. The molecule has 134 valence electrons. The SMILES string of the molecule is CCn1c(=O)c2ccc(Cl)cc2n(CC(=O)NCc2cccnc2)c1=O. The highest BCUT2D eigenvalue weighted by molar-refractivity contribution is 6.31. The summed E-state index contributed by atoms with van der Waals surface area (Å²) in [5.74, 6) is -0.349. The van der Waals surface area contributed by atoms with Crippen molar-refractivity contribution < 1.29 is 4.79 Å². The quantitative estimate of drug-likeness (QED) is 0.736. The Hall–Kier alpha value is -2.93. The summed E-state index contributed by atoms with van der Waals surface area (Å²) >= 11 is 6.02. The minimum absolute atomic E-state index is 0.212. The molecule has 1 aromatic carbocycles. The Bertz CT molecular complexity index is 1070. The standard InChI is InChI=1S/C18H17ClN4O3/c1-2-22-17(25)14-6-5-13(19)8-15(14)23(18(22)26)11-16(24)21-10-12-4-3-7-20-9-12/h3-9H,2,10-11H2,1H3,(H,21,24). The minimum atomic E-state index is -0.538. The van der Waals surface area contributed by atoms with Crippen molar-refractivity contribution in [1.29, 1.82) is 0 Å². The van der Waals surface area contributed by atoms with Gasteiger partial charge >= 0.3 is 5.69 Å². The highest BCUT2D eigenvalue weighted by Gasteiger charge is 2.15. The van der Waals surface area contributed by atoms with Crippen molar-refractivity contribution in [2.45, 2.75) is 26.6 Å². The molecule has 1 amide bonds. The summed E-state index contributed by atoms with van der Waals surface area (Å²) in [5, 5.41) is 3.47. The number of pyridine rings is 1. The van der Waals surface area contributed by atoms with Crippen molar-refractivity contribution in [3.8, 4) is 0 Å². The summed E-state index contributed by atoms with van der Waals surface area (Å²) < 4.78 is 2.37. The van der Waals surface area contributed by atoms with Gasteiger partial charge in [0.15, 0.2) is 0 Å². The summed E-state index contributed by atoms with van der Waals surface area (Å²) in [6, 6.07) is 8.29. The first-order chi connectivity index (χ1) is 12.5. The van der Waals surface area contributed by atoms with Crippen molar-refractivity contribution in [3.63, 3.8) is 0 Å². The van der Waals surface area contributed by atoms with Crippen molar-refractivity contribution in [3.05, 3.63) is 74.1 Å². The lowest BCUT2D eigenvalue weighted by Gasteiger charge is -2.13. The number of fused-ring (bicyclic) bond motifs is 1. The Morgan fingerprint density at radius 1 is 1.23 bits per heavy atom. The maximum Gasteiger partial charge on any atom is 0.331 e. The van der Waals surface area contributed by atoms with E-state index in [1.165, 1.54) is 10.6 Å². The van der Waals surface area contributed by atoms with Crippen LogP contribution in [-0.2, 0) is 24.4 Å². The largest absolute Gasteiger partial charge is 0.350 e. The van der Waals surface area contributed by atoms with E-state index < -0.39 is 11.2 Å². The zero-order valence-electron chi connectivity index (χ0n) is 14.1. The Labute approximate surface area is 153 Å². The summed E-state index contributed by atoms with van der Waals surface area (Å²) in [4.78, 5) is 41.4. The van der Waals surface area contributed by atoms with E-state index in [1.54, 1.807) is 37.5 Å². The highest BCUT2D eigenvalue weighted by Crippen LogP contribution is 2.15. The van der Waals surface area contributed by atoms with Gasteiger partial charge < -0.3 is 5.32 Å². The molecule has 0 radical (unpaired) electrons. The maximum atomic E-state index is 12.6. The molecule has 0 unspecified atom stereocenters. The van der Waals surface area contributed by atoms with Crippen LogP contribution in [0.1, 0.15) is 12.5 Å². The highest BCUT2D eigenvalue weighted by atomic mass is 35.5. The van der Waals surface area contributed by atoms with Crippen LogP contribution in [0.3, 0.4) is 0 Å². The molecule has 0 saturated heterocycles. The van der Waals surface area contributed by atoms with Gasteiger partial charge in [0, 0.05) is 30.5 Å². The third-order valence-corrected chi connectivity index (χ3v) is 4.25. The molecule has 3 aromatic rings. The predicted molar refractivity (Wildman–Crippen MR) is 99.2 cm³/mol. The number of amides is 1. The Morgan fingerprint density at radius 3 is 2.73 bits per heavy atom. The van der Waals surface area contributed by atoms with E-state index in [0.29, 0.717) is 22.5 Å². The molecular weight excluding hydrogens is 356 g/mol. The molecule has 0 bridgehead atoms. The molecule has 26 heavy (non-hydrogen) atoms. The third-order valence-electron chi connectivity index (χ3n) is 4.02. The Kier molecular flexibility index (Phi) is 5.18. The first-order valence-corrected chi connectivity index (χ1v) is 8.47. The van der Waals surface area contributed by atoms with Gasteiger partial charge in [-0.25, -0.2) is 4.79 Å². The second-order valence-corrected chi connectivity index (χ2v) is 6.15. The number of rotatable bonds is 5. The number of benzene rings is 1. The van der Waals surface area contributed by atoms with E-state index in [4.69, 9.17) is 11.6 Å². The van der Waals surface area contributed by atoms with Gasteiger partial charge in [-0.15, -0.1) is 0 Å². The normalized spacial score (nSPS) is 10.8. The lowest BCUT2D eigenvalue weighted by Crippen LogP contribution is -2.42. The van der Waals surface area contributed by atoms with E-state index in [-0.39, 0.29) is 19.0 Å². The molecule has 1 N–H and O–H groups in total. The topological polar surface area (TPSA) is 86.0 Å². The molecule has 2 heterocycles. The van der Waals surface area contributed by atoms with Gasteiger partial charge in [0.25, 0.3) is 5.56 Å². The van der Waals surface area contributed by atoms with E-state index in [1.807, 2.05) is 6.07 Å². The van der Waals surface area contributed by atoms with E-state index in [2.05, 4.69) is 10.3 Å². The second kappa shape index (κ2) is 7.53. The third kappa shape index (κ3) is 3.52. The fourth-order valence-corrected chi connectivity index (χ4v) is 2.89. The molecule has 0 fully saturated rings. The summed E-state index contributed by atoms with van der Waals surface area (Å²) in [6.45, 7) is 2.01. The van der Waals surface area contributed by atoms with Crippen LogP contribution >= 0.6 is 11.6 Å². The Morgan fingerprint density at radius 2 is 2.04 bits per heavy atom. The lowest BCUT2D eigenvalue weighted by molar-refractivity contribution is -0.121. The van der Waals surface area contributed by atoms with Gasteiger partial charge in [0.2, 0.25) is 5.91 Å². The maximum absolute atomic E-state index is 12.6. The van der Waals surface area contributed by atoms with Crippen LogP contribution in [0.5, 0.6) is 0 Å². The number of halogens is 1. The van der Waals surface area contributed by atoms with E-state index in [9.17, 15) is 14.4 Å². The first kappa shape index (κ1) is 17.9. The lowest BCUT2D eigenvalue weighted by atomic mass is 10.2. The summed E-state index contributed by atoms with van der Waals surface area (Å²) in [6.07, 6.45) is 3.30. The molecule has 3 rings (SSSR count). The van der Waals surface area contributed by atoms with Gasteiger partial charge in [-0.2, -0.15) is 0 Å². The fourth-order valence-electron chi connectivity index (χ4n) is 2.72. The molecule has 0 aliphatic carbocycles. The fraction of sp³-hybridized carbons (Fsp3) is 0.222. The minimum Gasteiger partial charge on any atom is -0.350 e. The number of carbonyl (C=O) groups is 1. The average Bonchev–Trinajstić information content (AvgIpc) is 2.64. The average molecular weight is 373 g/mol. The first-order valence-electron chi connectivity index (χ1n) is 8.09. The van der Waals surface area contributed by atoms with Gasteiger partial charge in [-0.05, 0) is 36.8 Å². The van der Waals surface area contributed by atoms with Crippen LogP contribution in [0, 0.1) is 0 Å². The zero-order valence-corrected chi connectivity index (χ0v) is 14.9. The monoisotopic (exact) mass is 372 g/mol. The van der Waals surface area contributed by atoms with Crippen LogP contribution in [0.25, 0.3) is 10.9 Å². The van der Waals surface area contributed by atoms with Crippen molar-refractivity contribution in [1.82, 2.24) is 19.4 Å². The van der Waals surface area contributed by atoms with Crippen LogP contribution in [0.15, 0.2) is 52.3 Å². The van der Waals surface area contributed by atoms with Gasteiger partial charge in [0.1, 0.15) is 6.54 Å². The van der Waals surface area contributed by atoms with Crippen LogP contribution < -0.4 is 16.6 Å². The zero-order chi connectivity index (χ0) is 18.7. The smallest absolute Gasteiger partial charge is 0.331 e. The van der Waals surface area contributed by atoms with Crippen LogP contribution in [0.4, 0.5) is 0 Å². The summed E-state index contributed by atoms with van der Waals surface area (Å²) in [5.41, 5.74) is 0.258. The molecule has 0 aliphatic rings. The second-order valence-electron chi connectivity index (χ2n) is 5.72. The number of nitrogens with zero attached hydrogens (tertiary/aromatic N) is 3. The van der Waals surface area contributed by atoms with Gasteiger partial charge in [0.05, 0.1) is 10.9 Å². The number of aromatic nitrogens is 3. The van der Waals surface area contributed by atoms with Gasteiger partial charge in [-0.3, -0.25) is 23.7 Å². The molecule has 0 aliphatic heterocycles. The van der Waals surface area contributed by atoms with Gasteiger partial charge in [-0.1, -0.05) is 17.7 Å². The molecule has 8 heteroatoms. The van der Waals surface area contributed by atoms with Crippen molar-refractivity contribution in [2.24, 2.45) is 0 Å². The molecule has 0 saturated carbocycles. The Balaban J connectivity index is 1.96. The van der Waals surface area contributed by atoms with E-state index in [0.717, 1.165) is 10.1 Å². The molecule has 2 aromatic heterocycles. The van der Waals surface area contributed by atoms with Crippen molar-refractivity contribution in [2.75, 3.05) is 0 Å². The number of hydrogen-bond donors (Lipinski definition) is 1. The number of hydrogen-bond acceptors (Lipinski definition) is 4. The summed E-state index contributed by atoms with van der Waals surface area (Å²) in [7, 11) is 0. The predicted octanol–water partition coefficient (Wildman–Crippen LogP) is 1.55. The van der Waals surface area contributed by atoms with Crippen LogP contribution in [-0.4, -0.2) is 20.0 Å².